The van der Waals surface area contributed by atoms with Gasteiger partial charge in [0.2, 0.25) is 0 Å². The number of carbonyl (C=O) groups is 2. The molecule has 5 rings (SSSR count). The summed E-state index contributed by atoms with van der Waals surface area (Å²) in [5, 5.41) is 2.94. The fourth-order valence-corrected chi connectivity index (χ4v) is 4.57. The topological polar surface area (TPSA) is 96.0 Å². The van der Waals surface area contributed by atoms with E-state index >= 15 is 0 Å². The standard InChI is InChI=1S/C37H34N2O6/c1-37(2,3)45-44-36(41)30-16-14-28(29-12-8-9-13-33(29)42-4)23-32(30)39-35(40)31-22-27(26-18-20-38-21-19-26)15-17-34(31)43-24-25-10-6-5-7-11-25/h5-23H,24H2,1-4H3,(H,39,40). The maximum atomic E-state index is 14.1. The highest BCUT2D eigenvalue weighted by molar-refractivity contribution is 6.10. The van der Waals surface area contributed by atoms with E-state index in [1.807, 2.05) is 72.8 Å². The van der Waals surface area contributed by atoms with Gasteiger partial charge in [-0.25, -0.2) is 4.79 Å². The highest BCUT2D eigenvalue weighted by Crippen LogP contribution is 2.34. The van der Waals surface area contributed by atoms with Crippen LogP contribution in [-0.2, 0) is 16.4 Å². The molecule has 1 heterocycles. The zero-order valence-corrected chi connectivity index (χ0v) is 25.6. The van der Waals surface area contributed by atoms with Crippen molar-refractivity contribution in [3.63, 3.8) is 0 Å². The summed E-state index contributed by atoms with van der Waals surface area (Å²) in [5.74, 6) is -0.201. The molecular weight excluding hydrogens is 568 g/mol. The van der Waals surface area contributed by atoms with E-state index in [0.717, 1.165) is 27.8 Å². The maximum absolute atomic E-state index is 14.1. The van der Waals surface area contributed by atoms with Crippen molar-refractivity contribution in [1.82, 2.24) is 4.98 Å². The fourth-order valence-electron chi connectivity index (χ4n) is 4.57. The van der Waals surface area contributed by atoms with Crippen molar-refractivity contribution in [1.29, 1.82) is 0 Å². The third-order valence-electron chi connectivity index (χ3n) is 6.75. The van der Waals surface area contributed by atoms with Gasteiger partial charge in [0.1, 0.15) is 23.7 Å². The van der Waals surface area contributed by atoms with Crippen LogP contribution in [0.2, 0.25) is 0 Å². The molecule has 1 aromatic heterocycles. The molecule has 0 unspecified atom stereocenters. The molecule has 45 heavy (non-hydrogen) atoms. The lowest BCUT2D eigenvalue weighted by molar-refractivity contribution is -0.301. The molecule has 0 radical (unpaired) electrons. The summed E-state index contributed by atoms with van der Waals surface area (Å²) in [6.07, 6.45) is 3.38. The van der Waals surface area contributed by atoms with E-state index < -0.39 is 17.5 Å². The first kappa shape index (κ1) is 31.0. The Morgan fingerprint density at radius 2 is 1.44 bits per heavy atom. The minimum Gasteiger partial charge on any atom is -0.496 e. The summed E-state index contributed by atoms with van der Waals surface area (Å²) >= 11 is 0. The van der Waals surface area contributed by atoms with Crippen LogP contribution in [-0.4, -0.2) is 29.6 Å². The first-order valence-corrected chi connectivity index (χ1v) is 14.4. The van der Waals surface area contributed by atoms with Crippen LogP contribution in [0.3, 0.4) is 0 Å². The predicted octanol–water partition coefficient (Wildman–Crippen LogP) is 8.14. The average molecular weight is 603 g/mol. The molecule has 8 nitrogen and oxygen atoms in total. The van der Waals surface area contributed by atoms with E-state index in [0.29, 0.717) is 11.5 Å². The van der Waals surface area contributed by atoms with Crippen LogP contribution in [0.5, 0.6) is 11.5 Å². The number of para-hydroxylation sites is 1. The quantitative estimate of drug-likeness (QED) is 0.127. The molecular formula is C37H34N2O6. The maximum Gasteiger partial charge on any atom is 0.375 e. The molecule has 0 fully saturated rings. The van der Waals surface area contributed by atoms with E-state index in [1.54, 1.807) is 70.6 Å². The predicted molar refractivity (Wildman–Crippen MR) is 173 cm³/mol. The van der Waals surface area contributed by atoms with Gasteiger partial charge in [0, 0.05) is 18.0 Å². The third kappa shape index (κ3) is 7.93. The minimum atomic E-state index is -0.752. The van der Waals surface area contributed by atoms with Crippen molar-refractivity contribution in [2.24, 2.45) is 0 Å². The number of nitrogens with zero attached hydrogens (tertiary/aromatic N) is 1. The molecule has 8 heteroatoms. The molecule has 228 valence electrons. The van der Waals surface area contributed by atoms with E-state index in [-0.39, 0.29) is 23.4 Å². The number of hydrogen-bond acceptors (Lipinski definition) is 7. The van der Waals surface area contributed by atoms with E-state index in [1.165, 1.54) is 0 Å². The Balaban J connectivity index is 1.54. The number of hydrogen-bond donors (Lipinski definition) is 1. The van der Waals surface area contributed by atoms with Crippen LogP contribution in [0.4, 0.5) is 5.69 Å². The molecule has 0 aliphatic heterocycles. The van der Waals surface area contributed by atoms with Crippen LogP contribution in [0.15, 0.2) is 116 Å². The van der Waals surface area contributed by atoms with Crippen LogP contribution in [0.1, 0.15) is 47.1 Å². The van der Waals surface area contributed by atoms with Gasteiger partial charge in [-0.1, -0.05) is 60.7 Å². The fraction of sp³-hybridized carbons (Fsp3) is 0.162. The number of nitrogens with one attached hydrogen (secondary N) is 1. The van der Waals surface area contributed by atoms with Crippen molar-refractivity contribution in [2.75, 3.05) is 12.4 Å². The first-order valence-electron chi connectivity index (χ1n) is 14.4. The van der Waals surface area contributed by atoms with Gasteiger partial charge in [-0.2, -0.15) is 4.89 Å². The average Bonchev–Trinajstić information content (AvgIpc) is 3.06. The molecule has 0 saturated carbocycles. The highest BCUT2D eigenvalue weighted by atomic mass is 17.2. The summed E-state index contributed by atoms with van der Waals surface area (Å²) in [6, 6.07) is 31.4. The molecule has 0 bridgehead atoms. The van der Waals surface area contributed by atoms with Gasteiger partial charge in [0.15, 0.2) is 0 Å². The number of carbonyl (C=O) groups excluding carboxylic acids is 2. The Labute approximate surface area is 262 Å². The number of rotatable bonds is 10. The highest BCUT2D eigenvalue weighted by Gasteiger charge is 2.23. The van der Waals surface area contributed by atoms with E-state index in [2.05, 4.69) is 10.3 Å². The largest absolute Gasteiger partial charge is 0.496 e. The smallest absolute Gasteiger partial charge is 0.375 e. The van der Waals surface area contributed by atoms with Crippen molar-refractivity contribution < 1.29 is 28.8 Å². The Morgan fingerprint density at radius 1 is 0.733 bits per heavy atom. The normalized spacial score (nSPS) is 11.0. The second-order valence-electron chi connectivity index (χ2n) is 11.2. The molecule has 4 aromatic carbocycles. The number of ether oxygens (including phenoxy) is 2. The van der Waals surface area contributed by atoms with Crippen molar-refractivity contribution in [3.8, 4) is 33.8 Å². The number of pyridine rings is 1. The van der Waals surface area contributed by atoms with Gasteiger partial charge in [0.25, 0.3) is 5.91 Å². The second-order valence-corrected chi connectivity index (χ2v) is 11.2. The first-order chi connectivity index (χ1) is 21.7. The molecule has 5 aromatic rings. The van der Waals surface area contributed by atoms with Crippen molar-refractivity contribution in [3.05, 3.63) is 132 Å². The monoisotopic (exact) mass is 602 g/mol. The number of aromatic nitrogens is 1. The molecule has 1 amide bonds. The van der Waals surface area contributed by atoms with Gasteiger partial charge in [0.05, 0.1) is 23.9 Å². The molecule has 0 aliphatic carbocycles. The lowest BCUT2D eigenvalue weighted by Crippen LogP contribution is -2.23. The van der Waals surface area contributed by atoms with Crippen LogP contribution < -0.4 is 14.8 Å². The summed E-state index contributed by atoms with van der Waals surface area (Å²) in [5.41, 5.74) is 4.05. The van der Waals surface area contributed by atoms with Gasteiger partial charge in [-0.3, -0.25) is 14.7 Å². The summed E-state index contributed by atoms with van der Waals surface area (Å²) < 4.78 is 11.7. The van der Waals surface area contributed by atoms with Gasteiger partial charge >= 0.3 is 5.97 Å². The number of amides is 1. The van der Waals surface area contributed by atoms with Crippen LogP contribution >= 0.6 is 0 Å². The lowest BCUT2D eigenvalue weighted by Gasteiger charge is -2.19. The van der Waals surface area contributed by atoms with Crippen molar-refractivity contribution >= 4 is 17.6 Å². The van der Waals surface area contributed by atoms with Gasteiger partial charge in [-0.05, 0) is 85.5 Å². The van der Waals surface area contributed by atoms with Crippen LogP contribution in [0, 0.1) is 0 Å². The molecule has 0 spiro atoms. The summed E-state index contributed by atoms with van der Waals surface area (Å²) in [6.45, 7) is 5.56. The third-order valence-corrected chi connectivity index (χ3v) is 6.75. The van der Waals surface area contributed by atoms with E-state index in [4.69, 9.17) is 19.2 Å². The lowest BCUT2D eigenvalue weighted by atomic mass is 10.0. The van der Waals surface area contributed by atoms with Gasteiger partial charge < -0.3 is 14.8 Å². The van der Waals surface area contributed by atoms with Crippen molar-refractivity contribution in [2.45, 2.75) is 33.0 Å². The molecule has 1 N–H and O–H groups in total. The summed E-state index contributed by atoms with van der Waals surface area (Å²) in [7, 11) is 1.59. The molecule has 0 saturated heterocycles. The number of methoxy groups -OCH3 is 1. The Morgan fingerprint density at radius 3 is 2.18 bits per heavy atom. The zero-order valence-electron chi connectivity index (χ0n) is 25.6. The SMILES string of the molecule is COc1ccccc1-c1ccc(C(=O)OOC(C)(C)C)c(NC(=O)c2cc(-c3ccncc3)ccc2OCc2ccccc2)c1. The second kappa shape index (κ2) is 13.9. The van der Waals surface area contributed by atoms with Gasteiger partial charge in [-0.15, -0.1) is 0 Å². The minimum absolute atomic E-state index is 0.114. The number of anilines is 1. The Hall–Kier alpha value is -5.47. The van der Waals surface area contributed by atoms with E-state index in [9.17, 15) is 9.59 Å². The van der Waals surface area contributed by atoms with Crippen LogP contribution in [0.25, 0.3) is 22.3 Å². The number of benzene rings is 4. The Kier molecular flexibility index (Phi) is 9.55. The zero-order chi connectivity index (χ0) is 31.8. The molecule has 0 aliphatic rings. The molecule has 0 atom stereocenters. The summed E-state index contributed by atoms with van der Waals surface area (Å²) in [4.78, 5) is 41.8. The Bertz CT molecular complexity index is 1780.